The van der Waals surface area contributed by atoms with Crippen molar-refractivity contribution in [1.29, 1.82) is 0 Å². The van der Waals surface area contributed by atoms with Gasteiger partial charge < -0.3 is 19.3 Å². The lowest BCUT2D eigenvalue weighted by atomic mass is 9.97. The summed E-state index contributed by atoms with van der Waals surface area (Å²) < 4.78 is 11.4. The van der Waals surface area contributed by atoms with Gasteiger partial charge in [0, 0.05) is 36.8 Å². The molecule has 0 atom stereocenters. The fourth-order valence-electron chi connectivity index (χ4n) is 4.02. The van der Waals surface area contributed by atoms with E-state index in [1.165, 1.54) is 0 Å². The number of nitrogens with zero attached hydrogens (tertiary/aromatic N) is 2. The SMILES string of the molecule is O=C(c1cccc(Cl)c1)N1CCC(COc2ccccc2C(=O)N2CCOCC2)CC1. The lowest BCUT2D eigenvalue weighted by Crippen LogP contribution is -2.41. The molecule has 0 aliphatic carbocycles. The van der Waals surface area contributed by atoms with Crippen molar-refractivity contribution < 1.29 is 19.1 Å². The highest BCUT2D eigenvalue weighted by atomic mass is 35.5. The van der Waals surface area contributed by atoms with E-state index < -0.39 is 0 Å². The van der Waals surface area contributed by atoms with E-state index in [1.807, 2.05) is 34.1 Å². The third-order valence-electron chi connectivity index (χ3n) is 5.86. The van der Waals surface area contributed by atoms with Gasteiger partial charge in [0.15, 0.2) is 0 Å². The Morgan fingerprint density at radius 2 is 1.65 bits per heavy atom. The molecule has 0 spiro atoms. The van der Waals surface area contributed by atoms with E-state index in [9.17, 15) is 9.59 Å². The number of likely N-dealkylation sites (tertiary alicyclic amines) is 1. The van der Waals surface area contributed by atoms with Gasteiger partial charge in [0.1, 0.15) is 5.75 Å². The van der Waals surface area contributed by atoms with Gasteiger partial charge in [0.05, 0.1) is 25.4 Å². The average Bonchev–Trinajstić information content (AvgIpc) is 2.83. The van der Waals surface area contributed by atoms with E-state index in [0.717, 1.165) is 12.8 Å². The molecule has 0 aromatic heterocycles. The number of hydrogen-bond acceptors (Lipinski definition) is 4. The Morgan fingerprint density at radius 3 is 2.39 bits per heavy atom. The highest BCUT2D eigenvalue weighted by Gasteiger charge is 2.25. The van der Waals surface area contributed by atoms with E-state index in [-0.39, 0.29) is 11.8 Å². The lowest BCUT2D eigenvalue weighted by Gasteiger charge is -2.32. The smallest absolute Gasteiger partial charge is 0.257 e. The molecule has 0 N–H and O–H groups in total. The number of morpholine rings is 1. The second-order valence-electron chi connectivity index (χ2n) is 7.96. The molecule has 2 aliphatic rings. The molecular formula is C24H27ClN2O4. The van der Waals surface area contributed by atoms with Crippen molar-refractivity contribution in [2.45, 2.75) is 12.8 Å². The van der Waals surface area contributed by atoms with Crippen LogP contribution in [0.25, 0.3) is 0 Å². The first kappa shape index (κ1) is 21.7. The highest BCUT2D eigenvalue weighted by Crippen LogP contribution is 2.25. The lowest BCUT2D eigenvalue weighted by molar-refractivity contribution is 0.0299. The summed E-state index contributed by atoms with van der Waals surface area (Å²) in [5.41, 5.74) is 1.22. The molecule has 2 heterocycles. The third-order valence-corrected chi connectivity index (χ3v) is 6.10. The molecule has 2 saturated heterocycles. The minimum atomic E-state index is -0.0131. The predicted octanol–water partition coefficient (Wildman–Crippen LogP) is 3.74. The molecule has 0 unspecified atom stereocenters. The number of para-hydroxylation sites is 1. The second-order valence-corrected chi connectivity index (χ2v) is 8.39. The van der Waals surface area contributed by atoms with E-state index in [1.54, 1.807) is 24.3 Å². The largest absolute Gasteiger partial charge is 0.492 e. The highest BCUT2D eigenvalue weighted by molar-refractivity contribution is 6.30. The van der Waals surface area contributed by atoms with Crippen LogP contribution >= 0.6 is 11.6 Å². The molecule has 0 saturated carbocycles. The minimum absolute atomic E-state index is 0.0131. The first-order valence-electron chi connectivity index (χ1n) is 10.8. The van der Waals surface area contributed by atoms with Crippen LogP contribution in [0.15, 0.2) is 48.5 Å². The molecule has 0 bridgehead atoms. The number of amides is 2. The first-order chi connectivity index (χ1) is 15.1. The third kappa shape index (κ3) is 5.38. The van der Waals surface area contributed by atoms with Gasteiger partial charge in [-0.3, -0.25) is 9.59 Å². The summed E-state index contributed by atoms with van der Waals surface area (Å²) in [5.74, 6) is 0.968. The monoisotopic (exact) mass is 442 g/mol. The van der Waals surface area contributed by atoms with Crippen LogP contribution in [0.5, 0.6) is 5.75 Å². The number of hydrogen-bond donors (Lipinski definition) is 0. The normalized spacial score (nSPS) is 17.5. The molecule has 2 fully saturated rings. The molecule has 31 heavy (non-hydrogen) atoms. The molecular weight excluding hydrogens is 416 g/mol. The number of carbonyl (C=O) groups excluding carboxylic acids is 2. The zero-order valence-electron chi connectivity index (χ0n) is 17.5. The van der Waals surface area contributed by atoms with Crippen molar-refractivity contribution in [2.24, 2.45) is 5.92 Å². The number of rotatable bonds is 5. The number of piperidine rings is 1. The van der Waals surface area contributed by atoms with E-state index in [2.05, 4.69) is 0 Å². The van der Waals surface area contributed by atoms with Crippen LogP contribution < -0.4 is 4.74 Å². The minimum Gasteiger partial charge on any atom is -0.492 e. The summed E-state index contributed by atoms with van der Waals surface area (Å²) in [6.45, 7) is 4.26. The number of halogens is 1. The van der Waals surface area contributed by atoms with E-state index >= 15 is 0 Å². The van der Waals surface area contributed by atoms with Crippen molar-refractivity contribution in [2.75, 3.05) is 46.0 Å². The Morgan fingerprint density at radius 1 is 0.935 bits per heavy atom. The Bertz CT molecular complexity index is 921. The maximum Gasteiger partial charge on any atom is 0.257 e. The molecule has 164 valence electrons. The summed E-state index contributed by atoms with van der Waals surface area (Å²) in [5, 5.41) is 0.569. The molecule has 2 aromatic rings. The fraction of sp³-hybridized carbons (Fsp3) is 0.417. The fourth-order valence-corrected chi connectivity index (χ4v) is 4.21. The summed E-state index contributed by atoms with van der Waals surface area (Å²) in [6.07, 6.45) is 1.73. The van der Waals surface area contributed by atoms with Gasteiger partial charge in [-0.25, -0.2) is 0 Å². The molecule has 2 aromatic carbocycles. The quantitative estimate of drug-likeness (QED) is 0.707. The van der Waals surface area contributed by atoms with Crippen LogP contribution in [0.1, 0.15) is 33.6 Å². The number of ether oxygens (including phenoxy) is 2. The van der Waals surface area contributed by atoms with Crippen LogP contribution in [0, 0.1) is 5.92 Å². The van der Waals surface area contributed by atoms with Gasteiger partial charge >= 0.3 is 0 Å². The summed E-state index contributed by atoms with van der Waals surface area (Å²) in [6, 6.07) is 14.5. The molecule has 7 heteroatoms. The van der Waals surface area contributed by atoms with Crippen LogP contribution in [0.4, 0.5) is 0 Å². The summed E-state index contributed by atoms with van der Waals surface area (Å²) in [4.78, 5) is 29.3. The van der Waals surface area contributed by atoms with Gasteiger partial charge in [-0.1, -0.05) is 29.8 Å². The predicted molar refractivity (Wildman–Crippen MR) is 119 cm³/mol. The van der Waals surface area contributed by atoms with Gasteiger partial charge in [0.2, 0.25) is 0 Å². The van der Waals surface area contributed by atoms with Crippen LogP contribution in [0.2, 0.25) is 5.02 Å². The van der Waals surface area contributed by atoms with E-state index in [4.69, 9.17) is 21.1 Å². The summed E-state index contributed by atoms with van der Waals surface area (Å²) >= 11 is 6.01. The second kappa shape index (κ2) is 10.2. The topological polar surface area (TPSA) is 59.1 Å². The maximum atomic E-state index is 12.9. The van der Waals surface area contributed by atoms with Gasteiger partial charge in [0.25, 0.3) is 11.8 Å². The average molecular weight is 443 g/mol. The van der Waals surface area contributed by atoms with Crippen molar-refractivity contribution >= 4 is 23.4 Å². The van der Waals surface area contributed by atoms with Gasteiger partial charge in [-0.05, 0) is 49.1 Å². The Labute approximate surface area is 187 Å². The number of benzene rings is 2. The first-order valence-corrected chi connectivity index (χ1v) is 11.1. The zero-order chi connectivity index (χ0) is 21.6. The van der Waals surface area contributed by atoms with Crippen LogP contribution in [0.3, 0.4) is 0 Å². The standard InChI is InChI=1S/C24H27ClN2O4/c25-20-5-3-4-19(16-20)23(28)26-10-8-18(9-11-26)17-31-22-7-2-1-6-21(22)24(29)27-12-14-30-15-13-27/h1-7,16,18H,8-15,17H2. The molecule has 2 amide bonds. The zero-order valence-corrected chi connectivity index (χ0v) is 18.2. The summed E-state index contributed by atoms with van der Waals surface area (Å²) in [7, 11) is 0. The Kier molecular flexibility index (Phi) is 7.10. The van der Waals surface area contributed by atoms with Crippen molar-refractivity contribution in [3.8, 4) is 5.75 Å². The molecule has 4 rings (SSSR count). The van der Waals surface area contributed by atoms with Gasteiger partial charge in [-0.15, -0.1) is 0 Å². The van der Waals surface area contributed by atoms with Gasteiger partial charge in [-0.2, -0.15) is 0 Å². The van der Waals surface area contributed by atoms with E-state index in [0.29, 0.717) is 73.8 Å². The molecule has 2 aliphatic heterocycles. The van der Waals surface area contributed by atoms with Crippen molar-refractivity contribution in [3.63, 3.8) is 0 Å². The Hall–Kier alpha value is -2.57. The van der Waals surface area contributed by atoms with Crippen molar-refractivity contribution in [3.05, 3.63) is 64.7 Å². The van der Waals surface area contributed by atoms with Crippen LogP contribution in [-0.2, 0) is 4.74 Å². The molecule has 6 nitrogen and oxygen atoms in total. The maximum absolute atomic E-state index is 12.9. The van der Waals surface area contributed by atoms with Crippen molar-refractivity contribution in [1.82, 2.24) is 9.80 Å². The molecule has 0 radical (unpaired) electrons. The number of carbonyl (C=O) groups is 2. The van der Waals surface area contributed by atoms with Crippen LogP contribution in [-0.4, -0.2) is 67.6 Å². The Balaban J connectivity index is 1.31.